The van der Waals surface area contributed by atoms with Gasteiger partial charge in [0, 0.05) is 52.0 Å². The maximum absolute atomic E-state index is 12.2. The number of ketones is 1. The van der Waals surface area contributed by atoms with E-state index in [9.17, 15) is 9.90 Å². The van der Waals surface area contributed by atoms with Crippen LogP contribution in [0.5, 0.6) is 0 Å². The van der Waals surface area contributed by atoms with E-state index in [1.54, 1.807) is 0 Å². The van der Waals surface area contributed by atoms with Crippen molar-refractivity contribution in [2.75, 3.05) is 0 Å². The Hall–Kier alpha value is -3.11. The Morgan fingerprint density at radius 1 is 0.898 bits per heavy atom. The van der Waals surface area contributed by atoms with Crippen molar-refractivity contribution in [1.82, 2.24) is 4.98 Å². The molecule has 5 heteroatoms. The van der Waals surface area contributed by atoms with Crippen molar-refractivity contribution in [3.63, 3.8) is 0 Å². The maximum Gasteiger partial charge on any atom is 0.164 e. The molecule has 0 atom stereocenters. The number of rotatable bonds is 8. The van der Waals surface area contributed by atoms with E-state index < -0.39 is 0 Å². The Morgan fingerprint density at radius 3 is 2.14 bits per heavy atom. The predicted octanol–water partition coefficient (Wildman–Crippen LogP) is 12.8. The second-order valence-corrected chi connectivity index (χ2v) is 15.9. The van der Waals surface area contributed by atoms with Crippen molar-refractivity contribution >= 4 is 38.1 Å². The Kier molecular flexibility index (Phi) is 11.5. The molecule has 0 saturated carbocycles. The van der Waals surface area contributed by atoms with Crippen LogP contribution in [0.1, 0.15) is 109 Å². The third-order valence-corrected chi connectivity index (χ3v) is 12.6. The van der Waals surface area contributed by atoms with Gasteiger partial charge in [-0.1, -0.05) is 91.3 Å². The number of carbonyl (C=O) groups excluding carboxylic acids is 1. The summed E-state index contributed by atoms with van der Waals surface area (Å²) in [6, 6.07) is 23.4. The molecule has 3 nitrogen and oxygen atoms in total. The number of hydrogen-bond acceptors (Lipinski definition) is 4. The number of benzene rings is 3. The van der Waals surface area contributed by atoms with Crippen molar-refractivity contribution < 1.29 is 30.0 Å². The molecule has 1 N–H and O–H groups in total. The number of aliphatic hydroxyl groups excluding tert-OH is 1. The van der Waals surface area contributed by atoms with Gasteiger partial charge >= 0.3 is 0 Å². The minimum Gasteiger partial charge on any atom is -0.512 e. The van der Waals surface area contributed by atoms with Crippen LogP contribution < -0.4 is 0 Å². The average Bonchev–Trinajstić information content (AvgIpc) is 3.57. The summed E-state index contributed by atoms with van der Waals surface area (Å²) in [5, 5.41) is 12.8. The summed E-state index contributed by atoms with van der Waals surface area (Å²) >= 11 is 1.91. The van der Waals surface area contributed by atoms with E-state index in [2.05, 4.69) is 95.3 Å². The van der Waals surface area contributed by atoms with E-state index in [1.807, 2.05) is 52.9 Å². The summed E-state index contributed by atoms with van der Waals surface area (Å²) in [7, 11) is 0. The first-order chi connectivity index (χ1) is 22.6. The molecule has 0 amide bonds. The van der Waals surface area contributed by atoms with Gasteiger partial charge in [0.1, 0.15) is 5.76 Å². The van der Waals surface area contributed by atoms with Gasteiger partial charge < -0.3 is 5.11 Å². The van der Waals surface area contributed by atoms with E-state index in [0.29, 0.717) is 0 Å². The molecule has 0 bridgehead atoms. The monoisotopic (exact) mass is 851 g/mol. The number of hydrogen-bond donors (Lipinski definition) is 1. The number of fused-ring (bicyclic) bond motifs is 6. The summed E-state index contributed by atoms with van der Waals surface area (Å²) in [6.45, 7) is 23.3. The molecule has 1 radical (unpaired) electrons. The second-order valence-electron chi connectivity index (χ2n) is 14.8. The first kappa shape index (κ1) is 38.7. The fraction of sp³-hybridized carbons (Fsp3) is 0.409. The minimum absolute atomic E-state index is 0. The molecule has 49 heavy (non-hydrogen) atoms. The topological polar surface area (TPSA) is 50.2 Å². The van der Waals surface area contributed by atoms with Crippen LogP contribution in [0, 0.1) is 37.7 Å². The largest absolute Gasteiger partial charge is 0.512 e. The van der Waals surface area contributed by atoms with Gasteiger partial charge in [0.2, 0.25) is 0 Å². The van der Waals surface area contributed by atoms with Gasteiger partial charge in [0.05, 0.1) is 5.52 Å². The Labute approximate surface area is 311 Å². The van der Waals surface area contributed by atoms with Crippen LogP contribution in [0.15, 0.2) is 66.4 Å². The molecule has 6 rings (SSSR count). The fourth-order valence-corrected chi connectivity index (χ4v) is 8.71. The normalized spacial score (nSPS) is 13.8. The van der Waals surface area contributed by atoms with Gasteiger partial charge in [0.15, 0.2) is 5.78 Å². The first-order valence-corrected chi connectivity index (χ1v) is 18.4. The summed E-state index contributed by atoms with van der Waals surface area (Å²) in [5.74, 6) is 0.286. The zero-order valence-corrected chi connectivity index (χ0v) is 34.4. The standard InChI is InChI=1S/C29H24NS.C15H28O2.Ir/c1-16-13-17(2)25-18(3)15-22(30-23(25)14-16)19-10-8-11-21-26(19)29(4,5)27-20-9-6-7-12-24(20)31-28(21)27;1-7-14(5,8-2)12(16)11-13(17)15(6,9-3)10-4;/h6-9,11-15H,1-5H3;11,16H,7-10H2,1-6H3;/q-1;;/b;12-11-;. The third-order valence-electron chi connectivity index (χ3n) is 11.4. The molecule has 1 aliphatic rings. The van der Waals surface area contributed by atoms with Crippen molar-refractivity contribution in [1.29, 1.82) is 0 Å². The number of aryl methyl sites for hydroxylation is 3. The zero-order chi connectivity index (χ0) is 35.2. The fourth-order valence-electron chi connectivity index (χ4n) is 7.32. The molecule has 0 fully saturated rings. The SMILES string of the molecule is CCC(C)(CC)C(=O)/C=C(\O)C(C)(CC)CC.Cc1cc(C)c2c(C)cc(-c3[c-]ccc4c3C(C)(C)c3c-4sc4ccccc34)nc2c1.[Ir]. The van der Waals surface area contributed by atoms with Crippen molar-refractivity contribution in [3.05, 3.63) is 100 Å². The summed E-state index contributed by atoms with van der Waals surface area (Å²) in [6.07, 6.45) is 4.75. The van der Waals surface area contributed by atoms with Crippen molar-refractivity contribution in [2.24, 2.45) is 10.8 Å². The molecule has 1 aliphatic carbocycles. The van der Waals surface area contributed by atoms with Crippen LogP contribution in [-0.2, 0) is 30.3 Å². The van der Waals surface area contributed by atoms with E-state index >= 15 is 0 Å². The number of allylic oxidation sites excluding steroid dienone is 2. The smallest absolute Gasteiger partial charge is 0.164 e. The second kappa shape index (κ2) is 14.6. The maximum atomic E-state index is 12.2. The molecule has 0 aliphatic heterocycles. The summed E-state index contributed by atoms with van der Waals surface area (Å²) in [4.78, 5) is 18.7. The average molecular weight is 851 g/mol. The van der Waals surface area contributed by atoms with Crippen molar-refractivity contribution in [2.45, 2.75) is 107 Å². The Morgan fingerprint density at radius 2 is 1.51 bits per heavy atom. The number of carbonyl (C=O) groups is 1. The Bertz CT molecular complexity index is 2040. The number of nitrogens with zero attached hydrogens (tertiary/aromatic N) is 1. The first-order valence-electron chi connectivity index (χ1n) is 17.6. The number of aromatic nitrogens is 1. The van der Waals surface area contributed by atoms with Crippen LogP contribution in [-0.4, -0.2) is 15.9 Å². The van der Waals surface area contributed by atoms with E-state index in [-0.39, 0.29) is 47.9 Å². The van der Waals surface area contributed by atoms with Gasteiger partial charge in [-0.3, -0.25) is 9.78 Å². The molecule has 261 valence electrons. The van der Waals surface area contributed by atoms with Crippen LogP contribution in [0.4, 0.5) is 0 Å². The van der Waals surface area contributed by atoms with Crippen LogP contribution in [0.25, 0.3) is 42.7 Å². The van der Waals surface area contributed by atoms with Crippen LogP contribution in [0.2, 0.25) is 0 Å². The van der Waals surface area contributed by atoms with Gasteiger partial charge in [0.25, 0.3) is 0 Å². The van der Waals surface area contributed by atoms with Crippen LogP contribution >= 0.6 is 11.3 Å². The molecule has 5 aromatic rings. The molecule has 0 spiro atoms. The number of pyridine rings is 1. The van der Waals surface area contributed by atoms with E-state index in [4.69, 9.17) is 4.98 Å². The summed E-state index contributed by atoms with van der Waals surface area (Å²) in [5.41, 5.74) is 10.5. The van der Waals surface area contributed by atoms with Gasteiger partial charge in [-0.25, -0.2) is 0 Å². The quantitative estimate of drug-likeness (QED) is 0.0961. The molecule has 2 aromatic heterocycles. The van der Waals surface area contributed by atoms with Gasteiger partial charge in [-0.15, -0.1) is 40.7 Å². The molecular weight excluding hydrogens is 799 g/mol. The van der Waals surface area contributed by atoms with Gasteiger partial charge in [-0.2, -0.15) is 0 Å². The molecule has 3 aromatic carbocycles. The minimum atomic E-state index is -0.337. The number of thiophene rings is 1. The van der Waals surface area contributed by atoms with Gasteiger partial charge in [-0.05, 0) is 97.3 Å². The zero-order valence-electron chi connectivity index (χ0n) is 31.1. The van der Waals surface area contributed by atoms with Crippen molar-refractivity contribution in [3.8, 4) is 21.7 Å². The molecule has 0 saturated heterocycles. The van der Waals surface area contributed by atoms with E-state index in [1.165, 1.54) is 59.8 Å². The third kappa shape index (κ3) is 6.84. The summed E-state index contributed by atoms with van der Waals surface area (Å²) < 4.78 is 1.37. The Balaban J connectivity index is 0.000000260. The van der Waals surface area contributed by atoms with E-state index in [0.717, 1.165) is 42.5 Å². The number of aliphatic hydroxyl groups is 1. The molecule has 2 heterocycles. The molecule has 0 unspecified atom stereocenters. The predicted molar refractivity (Wildman–Crippen MR) is 206 cm³/mol. The molecular formula is C44H52IrNO2S-. The van der Waals surface area contributed by atoms with Crippen LogP contribution in [0.3, 0.4) is 0 Å².